The average molecular weight is 393 g/mol. The second-order valence-corrected chi connectivity index (χ2v) is 7.74. The van der Waals surface area contributed by atoms with Crippen molar-refractivity contribution in [3.05, 3.63) is 52.8 Å². The van der Waals surface area contributed by atoms with Crippen LogP contribution in [0.2, 0.25) is 0 Å². The van der Waals surface area contributed by atoms with Crippen LogP contribution in [0, 0.1) is 13.8 Å². The van der Waals surface area contributed by atoms with Gasteiger partial charge in [0.25, 0.3) is 5.91 Å². The van der Waals surface area contributed by atoms with Crippen LogP contribution >= 0.6 is 0 Å². The molecule has 0 radical (unpaired) electrons. The summed E-state index contributed by atoms with van der Waals surface area (Å²) in [5, 5.41) is 8.40. The quantitative estimate of drug-likeness (QED) is 0.676. The molecule has 3 aromatic heterocycles. The summed E-state index contributed by atoms with van der Waals surface area (Å²) in [5.41, 5.74) is 5.36. The van der Waals surface area contributed by atoms with Gasteiger partial charge < -0.3 is 9.42 Å². The highest BCUT2D eigenvalue weighted by Gasteiger charge is 2.27. The van der Waals surface area contributed by atoms with Crippen LogP contribution < -0.4 is 0 Å². The molecule has 0 unspecified atom stereocenters. The first-order chi connectivity index (χ1) is 14.0. The maximum Gasteiger partial charge on any atom is 0.257 e. The third-order valence-corrected chi connectivity index (χ3v) is 5.73. The Balaban J connectivity index is 1.48. The van der Waals surface area contributed by atoms with E-state index in [9.17, 15) is 4.79 Å². The predicted octanol–water partition coefficient (Wildman–Crippen LogP) is 3.67. The molecule has 7 nitrogen and oxygen atoms in total. The van der Waals surface area contributed by atoms with Crippen LogP contribution in [0.5, 0.6) is 0 Å². The van der Waals surface area contributed by atoms with Gasteiger partial charge >= 0.3 is 0 Å². The minimum absolute atomic E-state index is 0.0726. The Morgan fingerprint density at radius 2 is 1.97 bits per heavy atom. The Kier molecular flexibility index (Phi) is 5.22. The van der Waals surface area contributed by atoms with Gasteiger partial charge in [0, 0.05) is 44.4 Å². The molecule has 7 heteroatoms. The highest BCUT2D eigenvalue weighted by atomic mass is 16.5. The first kappa shape index (κ1) is 19.4. The molecular weight excluding hydrogens is 366 g/mol. The fraction of sp³-hybridized carbons (Fsp3) is 0.455. The van der Waals surface area contributed by atoms with Gasteiger partial charge in [-0.2, -0.15) is 5.10 Å². The summed E-state index contributed by atoms with van der Waals surface area (Å²) < 4.78 is 7.13. The highest BCUT2D eigenvalue weighted by molar-refractivity contribution is 5.95. The normalized spacial score (nSPS) is 15.1. The first-order valence-corrected chi connectivity index (χ1v) is 10.2. The van der Waals surface area contributed by atoms with E-state index in [1.165, 1.54) is 0 Å². The zero-order valence-corrected chi connectivity index (χ0v) is 17.5. The maximum atomic E-state index is 12.8. The number of carbonyl (C=O) groups is 1. The van der Waals surface area contributed by atoms with Crippen LogP contribution in [-0.2, 0) is 13.5 Å². The van der Waals surface area contributed by atoms with Crippen molar-refractivity contribution in [1.29, 1.82) is 0 Å². The average Bonchev–Trinajstić information content (AvgIpc) is 3.28. The summed E-state index contributed by atoms with van der Waals surface area (Å²) in [6, 6.07) is 6.16. The Morgan fingerprint density at radius 3 is 2.62 bits per heavy atom. The summed E-state index contributed by atoms with van der Waals surface area (Å²) in [6.45, 7) is 7.36. The summed E-state index contributed by atoms with van der Waals surface area (Å²) >= 11 is 0. The van der Waals surface area contributed by atoms with Gasteiger partial charge in [0.2, 0.25) is 0 Å². The van der Waals surface area contributed by atoms with E-state index in [-0.39, 0.29) is 5.91 Å². The molecule has 0 atom stereocenters. The lowest BCUT2D eigenvalue weighted by atomic mass is 9.92. The Labute approximate surface area is 170 Å². The van der Waals surface area contributed by atoms with E-state index >= 15 is 0 Å². The van der Waals surface area contributed by atoms with Crippen molar-refractivity contribution in [1.82, 2.24) is 24.8 Å². The predicted molar refractivity (Wildman–Crippen MR) is 110 cm³/mol. The van der Waals surface area contributed by atoms with Gasteiger partial charge in [0.1, 0.15) is 5.76 Å². The third kappa shape index (κ3) is 3.69. The lowest BCUT2D eigenvalue weighted by molar-refractivity contribution is 0.0711. The van der Waals surface area contributed by atoms with Gasteiger partial charge in [-0.3, -0.25) is 14.5 Å². The van der Waals surface area contributed by atoms with Crippen LogP contribution in [0.1, 0.15) is 58.9 Å². The van der Waals surface area contributed by atoms with E-state index in [2.05, 4.69) is 29.3 Å². The molecule has 3 aromatic rings. The van der Waals surface area contributed by atoms with E-state index < -0.39 is 0 Å². The fourth-order valence-corrected chi connectivity index (χ4v) is 4.16. The molecule has 29 heavy (non-hydrogen) atoms. The van der Waals surface area contributed by atoms with E-state index in [1.807, 2.05) is 31.9 Å². The number of carbonyl (C=O) groups excluding carboxylic acids is 1. The van der Waals surface area contributed by atoms with E-state index in [0.717, 1.165) is 66.5 Å². The van der Waals surface area contributed by atoms with Crippen molar-refractivity contribution >= 4 is 5.91 Å². The number of pyridine rings is 1. The van der Waals surface area contributed by atoms with Gasteiger partial charge in [-0.1, -0.05) is 18.1 Å². The lowest BCUT2D eigenvalue weighted by Gasteiger charge is -2.31. The topological polar surface area (TPSA) is 77.0 Å². The number of rotatable bonds is 4. The number of hydrogen-bond donors (Lipinski definition) is 0. The van der Waals surface area contributed by atoms with Gasteiger partial charge in [-0.25, -0.2) is 0 Å². The van der Waals surface area contributed by atoms with Gasteiger partial charge in [0.05, 0.1) is 28.2 Å². The van der Waals surface area contributed by atoms with Crippen LogP contribution in [0.3, 0.4) is 0 Å². The van der Waals surface area contributed by atoms with Gasteiger partial charge in [0.15, 0.2) is 0 Å². The Morgan fingerprint density at radius 1 is 1.21 bits per heavy atom. The number of amides is 1. The molecule has 152 valence electrons. The summed E-state index contributed by atoms with van der Waals surface area (Å²) in [6.07, 6.45) is 4.41. The van der Waals surface area contributed by atoms with E-state index in [4.69, 9.17) is 9.51 Å². The minimum Gasteiger partial charge on any atom is -0.360 e. The van der Waals surface area contributed by atoms with Crippen molar-refractivity contribution in [2.75, 3.05) is 13.1 Å². The second-order valence-electron chi connectivity index (χ2n) is 7.74. The molecular formula is C22H27N5O2. The summed E-state index contributed by atoms with van der Waals surface area (Å²) in [4.78, 5) is 19.7. The van der Waals surface area contributed by atoms with E-state index in [1.54, 1.807) is 10.9 Å². The number of likely N-dealkylation sites (tertiary alicyclic amines) is 1. The monoisotopic (exact) mass is 393 g/mol. The zero-order valence-electron chi connectivity index (χ0n) is 17.5. The molecule has 0 bridgehead atoms. The number of hydrogen-bond acceptors (Lipinski definition) is 5. The molecule has 0 aliphatic carbocycles. The molecule has 1 amide bonds. The van der Waals surface area contributed by atoms with Crippen LogP contribution in [-0.4, -0.2) is 43.8 Å². The number of aryl methyl sites for hydroxylation is 4. The molecule has 1 aliphatic heterocycles. The largest absolute Gasteiger partial charge is 0.360 e. The molecule has 4 heterocycles. The zero-order chi connectivity index (χ0) is 20.5. The van der Waals surface area contributed by atoms with Crippen LogP contribution in [0.4, 0.5) is 0 Å². The van der Waals surface area contributed by atoms with Crippen molar-refractivity contribution in [2.24, 2.45) is 7.05 Å². The lowest BCUT2D eigenvalue weighted by Crippen LogP contribution is -2.38. The third-order valence-electron chi connectivity index (χ3n) is 5.73. The fourth-order valence-electron chi connectivity index (χ4n) is 4.16. The molecule has 0 N–H and O–H groups in total. The van der Waals surface area contributed by atoms with Gasteiger partial charge in [-0.05, 0) is 38.8 Å². The van der Waals surface area contributed by atoms with Crippen molar-refractivity contribution in [3.63, 3.8) is 0 Å². The van der Waals surface area contributed by atoms with Crippen molar-refractivity contribution in [2.45, 2.75) is 46.0 Å². The number of aromatic nitrogens is 4. The molecule has 1 fully saturated rings. The van der Waals surface area contributed by atoms with Crippen molar-refractivity contribution in [3.8, 4) is 11.3 Å². The van der Waals surface area contributed by atoms with Crippen molar-refractivity contribution < 1.29 is 9.32 Å². The standard InChI is InChI=1S/C22H27N5O2/c1-5-20-21(15(3)25-29-20)19-8-6-7-18(23-19)16-9-11-27(12-10-16)22(28)17-13-26(4)24-14(17)2/h6-8,13,16H,5,9-12H2,1-4H3. The van der Waals surface area contributed by atoms with Gasteiger partial charge in [-0.15, -0.1) is 0 Å². The second kappa shape index (κ2) is 7.81. The van der Waals surface area contributed by atoms with Crippen LogP contribution in [0.15, 0.2) is 28.9 Å². The molecule has 1 aliphatic rings. The SMILES string of the molecule is CCc1onc(C)c1-c1cccc(C2CCN(C(=O)c3cn(C)nc3C)CC2)n1. The first-order valence-electron chi connectivity index (χ1n) is 10.2. The Bertz CT molecular complexity index is 1030. The minimum atomic E-state index is 0.0726. The van der Waals surface area contributed by atoms with E-state index in [0.29, 0.717) is 11.5 Å². The molecule has 4 rings (SSSR count). The van der Waals surface area contributed by atoms with Crippen LogP contribution in [0.25, 0.3) is 11.3 Å². The molecule has 0 aromatic carbocycles. The molecule has 0 spiro atoms. The summed E-state index contributed by atoms with van der Waals surface area (Å²) in [5.74, 6) is 1.29. The Hall–Kier alpha value is -2.96. The highest BCUT2D eigenvalue weighted by Crippen LogP contribution is 2.31. The summed E-state index contributed by atoms with van der Waals surface area (Å²) in [7, 11) is 1.84. The molecule has 0 saturated carbocycles. The maximum absolute atomic E-state index is 12.8. The molecule has 1 saturated heterocycles. The number of piperidine rings is 1. The number of nitrogens with zero attached hydrogens (tertiary/aromatic N) is 5. The smallest absolute Gasteiger partial charge is 0.257 e.